The van der Waals surface area contributed by atoms with Crippen LogP contribution in [0.4, 0.5) is 8.78 Å². The number of aliphatic imine (C=N–C) groups is 1. The van der Waals surface area contributed by atoms with E-state index in [4.69, 9.17) is 16.9 Å². The van der Waals surface area contributed by atoms with E-state index >= 15 is 0 Å². The van der Waals surface area contributed by atoms with Crippen molar-refractivity contribution in [3.63, 3.8) is 0 Å². The summed E-state index contributed by atoms with van der Waals surface area (Å²) in [4.78, 5) is 4.45. The number of ether oxygens (including phenoxy) is 1. The number of benzene rings is 2. The van der Waals surface area contributed by atoms with Crippen LogP contribution >= 0.6 is 35.6 Å². The van der Waals surface area contributed by atoms with E-state index in [0.717, 1.165) is 5.56 Å². The van der Waals surface area contributed by atoms with Crippen LogP contribution in [0.1, 0.15) is 23.6 Å². The number of hydrogen-bond acceptors (Lipinski definition) is 3. The predicted molar refractivity (Wildman–Crippen MR) is 116 cm³/mol. The van der Waals surface area contributed by atoms with Gasteiger partial charge in [0.1, 0.15) is 5.75 Å². The van der Waals surface area contributed by atoms with Crippen molar-refractivity contribution in [2.24, 2.45) is 4.99 Å². The summed E-state index contributed by atoms with van der Waals surface area (Å²) in [6, 6.07) is 13.7. The first kappa shape index (κ1) is 23.9. The van der Waals surface area contributed by atoms with Gasteiger partial charge in [0.25, 0.3) is 0 Å². The van der Waals surface area contributed by atoms with Crippen LogP contribution in [-0.2, 0) is 13.1 Å². The van der Waals surface area contributed by atoms with E-state index in [2.05, 4.69) is 26.4 Å². The van der Waals surface area contributed by atoms with E-state index in [1.807, 2.05) is 13.0 Å². The fourth-order valence-corrected chi connectivity index (χ4v) is 2.52. The van der Waals surface area contributed by atoms with Gasteiger partial charge >= 0.3 is 6.61 Å². The van der Waals surface area contributed by atoms with Crippen LogP contribution in [-0.4, -0.2) is 19.1 Å². The number of alkyl halides is 2. The molecule has 9 heteroatoms. The first-order chi connectivity index (χ1) is 13.0. The Kier molecular flexibility index (Phi) is 10.6. The summed E-state index contributed by atoms with van der Waals surface area (Å²) in [6.07, 6.45) is 0. The van der Waals surface area contributed by atoms with Crippen molar-refractivity contribution in [2.45, 2.75) is 26.6 Å². The number of nitrogens with zero attached hydrogens (tertiary/aromatic N) is 2. The lowest BCUT2D eigenvalue weighted by molar-refractivity contribution is -0.0504. The first-order valence-corrected chi connectivity index (χ1v) is 8.64. The van der Waals surface area contributed by atoms with E-state index in [1.165, 1.54) is 12.1 Å². The molecule has 0 bridgehead atoms. The average Bonchev–Trinajstić information content (AvgIpc) is 2.65. The number of hydrogen-bond donors (Lipinski definition) is 2. The van der Waals surface area contributed by atoms with Gasteiger partial charge in [-0.1, -0.05) is 23.7 Å². The minimum absolute atomic E-state index is 0. The highest BCUT2D eigenvalue weighted by Gasteiger charge is 2.11. The zero-order valence-electron chi connectivity index (χ0n) is 15.1. The van der Waals surface area contributed by atoms with Crippen molar-refractivity contribution in [3.05, 3.63) is 64.2 Å². The molecule has 0 amide bonds. The normalized spacial score (nSPS) is 10.8. The molecular formula is C19H20ClF2IN4O. The monoisotopic (exact) mass is 520 g/mol. The van der Waals surface area contributed by atoms with E-state index in [1.54, 1.807) is 24.3 Å². The Labute approximate surface area is 184 Å². The third-order valence-corrected chi connectivity index (χ3v) is 3.74. The fraction of sp³-hybridized carbons (Fsp3) is 0.263. The minimum atomic E-state index is -2.92. The topological polar surface area (TPSA) is 69.4 Å². The van der Waals surface area contributed by atoms with Gasteiger partial charge in [-0.25, -0.2) is 4.99 Å². The van der Waals surface area contributed by atoms with Gasteiger partial charge in [-0.15, -0.1) is 24.0 Å². The lowest BCUT2D eigenvalue weighted by Crippen LogP contribution is -2.36. The molecule has 2 aromatic rings. The molecule has 0 heterocycles. The molecule has 0 aliphatic carbocycles. The van der Waals surface area contributed by atoms with Crippen LogP contribution in [0.25, 0.3) is 0 Å². The summed E-state index contributed by atoms with van der Waals surface area (Å²) in [5.41, 5.74) is 1.93. The lowest BCUT2D eigenvalue weighted by Gasteiger charge is -2.14. The third-order valence-electron chi connectivity index (χ3n) is 3.50. The standard InChI is InChI=1S/C19H19ClF2N4O.HI/c1-2-24-19(25-11-14-5-3-4-13(8-14)10-23)26-12-15-9-16(20)6-7-17(15)27-18(21)22;/h3-9,18H,2,11-12H2,1H3,(H2,24,25,26);1H. The molecule has 0 radical (unpaired) electrons. The predicted octanol–water partition coefficient (Wildman–Crippen LogP) is 4.69. The second kappa shape index (κ2) is 12.4. The van der Waals surface area contributed by atoms with Gasteiger partial charge in [0.05, 0.1) is 18.2 Å². The molecule has 0 atom stereocenters. The summed E-state index contributed by atoms with van der Waals surface area (Å²) in [7, 11) is 0. The molecule has 150 valence electrons. The summed E-state index contributed by atoms with van der Waals surface area (Å²) in [5, 5.41) is 15.5. The van der Waals surface area contributed by atoms with E-state index in [-0.39, 0.29) is 36.3 Å². The van der Waals surface area contributed by atoms with Crippen LogP contribution in [0.5, 0.6) is 5.75 Å². The maximum absolute atomic E-state index is 12.6. The largest absolute Gasteiger partial charge is 0.434 e. The summed E-state index contributed by atoms with van der Waals surface area (Å²) < 4.78 is 29.6. The molecule has 0 saturated carbocycles. The van der Waals surface area contributed by atoms with Crippen LogP contribution in [0.3, 0.4) is 0 Å². The van der Waals surface area contributed by atoms with Gasteiger partial charge in [0.2, 0.25) is 0 Å². The Morgan fingerprint density at radius 1 is 1.25 bits per heavy atom. The molecule has 5 nitrogen and oxygen atoms in total. The molecule has 0 unspecified atom stereocenters. The highest BCUT2D eigenvalue weighted by Crippen LogP contribution is 2.24. The Bertz CT molecular complexity index is 843. The SMILES string of the molecule is CCNC(=NCc1cccc(C#N)c1)NCc1cc(Cl)ccc1OC(F)F.I. The van der Waals surface area contributed by atoms with Crippen molar-refractivity contribution in [2.75, 3.05) is 6.54 Å². The van der Waals surface area contributed by atoms with Gasteiger partial charge in [0, 0.05) is 23.7 Å². The molecule has 2 N–H and O–H groups in total. The summed E-state index contributed by atoms with van der Waals surface area (Å²) in [5.74, 6) is 0.558. The first-order valence-electron chi connectivity index (χ1n) is 8.26. The Morgan fingerprint density at radius 2 is 2.04 bits per heavy atom. The third kappa shape index (κ3) is 7.86. The molecule has 0 aromatic heterocycles. The second-order valence-electron chi connectivity index (χ2n) is 5.49. The highest BCUT2D eigenvalue weighted by molar-refractivity contribution is 14.0. The van der Waals surface area contributed by atoms with Crippen LogP contribution < -0.4 is 15.4 Å². The Morgan fingerprint density at radius 3 is 2.71 bits per heavy atom. The zero-order chi connectivity index (χ0) is 19.6. The lowest BCUT2D eigenvalue weighted by atomic mass is 10.1. The van der Waals surface area contributed by atoms with Crippen molar-refractivity contribution >= 4 is 41.5 Å². The van der Waals surface area contributed by atoms with Gasteiger partial charge in [-0.05, 0) is 42.8 Å². The van der Waals surface area contributed by atoms with Crippen molar-refractivity contribution in [3.8, 4) is 11.8 Å². The number of guanidine groups is 1. The molecule has 0 spiro atoms. The smallest absolute Gasteiger partial charge is 0.387 e. The zero-order valence-corrected chi connectivity index (χ0v) is 18.2. The number of nitriles is 1. The highest BCUT2D eigenvalue weighted by atomic mass is 127. The molecule has 28 heavy (non-hydrogen) atoms. The number of rotatable bonds is 7. The molecule has 0 aliphatic rings. The average molecular weight is 521 g/mol. The second-order valence-corrected chi connectivity index (χ2v) is 5.93. The number of halogens is 4. The van der Waals surface area contributed by atoms with E-state index < -0.39 is 6.61 Å². The molecule has 0 aliphatic heterocycles. The summed E-state index contributed by atoms with van der Waals surface area (Å²) >= 11 is 5.96. The molecular weight excluding hydrogens is 501 g/mol. The van der Waals surface area contributed by atoms with Gasteiger partial charge in [-0.3, -0.25) is 0 Å². The molecule has 2 rings (SSSR count). The molecule has 0 saturated heterocycles. The van der Waals surface area contributed by atoms with Crippen LogP contribution in [0.2, 0.25) is 5.02 Å². The van der Waals surface area contributed by atoms with Gasteiger partial charge in [0.15, 0.2) is 5.96 Å². The van der Waals surface area contributed by atoms with E-state index in [0.29, 0.717) is 35.2 Å². The van der Waals surface area contributed by atoms with Crippen LogP contribution in [0.15, 0.2) is 47.5 Å². The fourth-order valence-electron chi connectivity index (χ4n) is 2.33. The van der Waals surface area contributed by atoms with Crippen LogP contribution in [0, 0.1) is 11.3 Å². The minimum Gasteiger partial charge on any atom is -0.434 e. The quantitative estimate of drug-likeness (QED) is 0.316. The van der Waals surface area contributed by atoms with E-state index in [9.17, 15) is 8.78 Å². The number of nitrogens with one attached hydrogen (secondary N) is 2. The van der Waals surface area contributed by atoms with Crippen molar-refractivity contribution < 1.29 is 13.5 Å². The summed E-state index contributed by atoms with van der Waals surface area (Å²) in [6.45, 7) is 0.186. The maximum Gasteiger partial charge on any atom is 0.387 e. The Hall–Kier alpha value is -2.12. The molecule has 0 fully saturated rings. The van der Waals surface area contributed by atoms with Gasteiger partial charge in [-0.2, -0.15) is 14.0 Å². The van der Waals surface area contributed by atoms with Crippen molar-refractivity contribution in [1.29, 1.82) is 5.26 Å². The maximum atomic E-state index is 12.6. The van der Waals surface area contributed by atoms with Crippen molar-refractivity contribution in [1.82, 2.24) is 10.6 Å². The Balaban J connectivity index is 0.00000392. The van der Waals surface area contributed by atoms with Gasteiger partial charge < -0.3 is 15.4 Å². The molecule has 2 aromatic carbocycles.